The maximum atomic E-state index is 13.0. The zero-order valence-corrected chi connectivity index (χ0v) is 55.1. The molecule has 0 aromatic heterocycles. The zero-order chi connectivity index (χ0) is 61.3. The van der Waals surface area contributed by atoms with Crippen molar-refractivity contribution in [2.75, 3.05) is 39.6 Å². The quantitative estimate of drug-likeness (QED) is 0.0222. The molecule has 19 heteroatoms. The third kappa shape index (κ3) is 58.8. The molecule has 0 heterocycles. The molecule has 0 aliphatic heterocycles. The van der Waals surface area contributed by atoms with Crippen LogP contribution in [0.2, 0.25) is 0 Å². The Morgan fingerprint density at radius 3 is 0.819 bits per heavy atom. The van der Waals surface area contributed by atoms with Crippen molar-refractivity contribution in [3.63, 3.8) is 0 Å². The van der Waals surface area contributed by atoms with Gasteiger partial charge in [-0.2, -0.15) is 0 Å². The molecule has 0 aliphatic carbocycles. The molecular formula is C64H124O17P2. The first kappa shape index (κ1) is 81.1. The van der Waals surface area contributed by atoms with E-state index in [1.807, 2.05) is 0 Å². The number of phosphoric acid groups is 2. The number of hydrogen-bond donors (Lipinski definition) is 3. The van der Waals surface area contributed by atoms with Crippen molar-refractivity contribution in [3.05, 3.63) is 0 Å². The van der Waals surface area contributed by atoms with Gasteiger partial charge in [-0.15, -0.1) is 0 Å². The summed E-state index contributed by atoms with van der Waals surface area (Å²) in [4.78, 5) is 72.1. The summed E-state index contributed by atoms with van der Waals surface area (Å²) in [7, 11) is -9.88. The molecule has 3 N–H and O–H groups in total. The highest BCUT2D eigenvalue weighted by molar-refractivity contribution is 7.47. The molecule has 5 atom stereocenters. The minimum Gasteiger partial charge on any atom is -0.462 e. The highest BCUT2D eigenvalue weighted by Crippen LogP contribution is 2.45. The van der Waals surface area contributed by atoms with Crippen molar-refractivity contribution in [1.82, 2.24) is 0 Å². The van der Waals surface area contributed by atoms with Gasteiger partial charge in [0, 0.05) is 25.7 Å². The first-order valence-electron chi connectivity index (χ1n) is 33.6. The number of phosphoric ester groups is 2. The largest absolute Gasteiger partial charge is 0.472 e. The Morgan fingerprint density at radius 1 is 0.325 bits per heavy atom. The molecular weight excluding hydrogens is 1100 g/mol. The van der Waals surface area contributed by atoms with Crippen LogP contribution in [0.4, 0.5) is 0 Å². The topological polar surface area (TPSA) is 237 Å². The minimum atomic E-state index is -4.94. The summed E-state index contributed by atoms with van der Waals surface area (Å²) < 4.78 is 68.0. The number of unbranched alkanes of at least 4 members (excludes halogenated alkanes) is 36. The number of ether oxygens (including phenoxy) is 4. The van der Waals surface area contributed by atoms with Gasteiger partial charge in [-0.05, 0) is 31.6 Å². The summed E-state index contributed by atoms with van der Waals surface area (Å²) in [5.41, 5.74) is 0. The Bertz CT molecular complexity index is 1620. The molecule has 492 valence electrons. The Hall–Kier alpha value is -1.94. The van der Waals surface area contributed by atoms with E-state index in [1.165, 1.54) is 141 Å². The molecule has 0 rings (SSSR count). The van der Waals surface area contributed by atoms with E-state index in [4.69, 9.17) is 37.0 Å². The highest BCUT2D eigenvalue weighted by atomic mass is 31.2. The predicted molar refractivity (Wildman–Crippen MR) is 331 cm³/mol. The average Bonchev–Trinajstić information content (AvgIpc) is 3.50. The number of hydrogen-bond acceptors (Lipinski definition) is 15. The number of carbonyl (C=O) groups excluding carboxylic acids is 4. The van der Waals surface area contributed by atoms with Crippen molar-refractivity contribution in [2.45, 2.75) is 342 Å². The van der Waals surface area contributed by atoms with E-state index in [1.54, 1.807) is 0 Å². The van der Waals surface area contributed by atoms with Crippen molar-refractivity contribution in [2.24, 2.45) is 5.92 Å². The standard InChI is InChI=1S/C64H124O17P2/c1-6-9-12-15-18-21-23-24-26-28-35-40-45-50-64(69)81-60(54-75-62(67)48-43-38-33-30-29-31-36-41-46-57(4)5)56-79-83(72,73)77-52-58(65)51-76-82(70,71)78-55-59(53-74-61(66)47-42-37-32-20-17-14-11-8-3)80-63(68)49-44-39-34-27-25-22-19-16-13-10-7-2/h57-60,65H,6-56H2,1-5H3,(H,70,71)(H,72,73)/t58-,59+,60+/m0/s1. The summed E-state index contributed by atoms with van der Waals surface area (Å²) >= 11 is 0. The van der Waals surface area contributed by atoms with Gasteiger partial charge in [0.2, 0.25) is 0 Å². The molecule has 83 heavy (non-hydrogen) atoms. The van der Waals surface area contributed by atoms with Crippen LogP contribution in [0.25, 0.3) is 0 Å². The minimum absolute atomic E-state index is 0.107. The highest BCUT2D eigenvalue weighted by Gasteiger charge is 2.30. The fraction of sp³-hybridized carbons (Fsp3) is 0.938. The van der Waals surface area contributed by atoms with E-state index in [0.29, 0.717) is 25.7 Å². The Labute approximate surface area is 505 Å². The Balaban J connectivity index is 5.23. The normalized spacial score (nSPS) is 14.2. The lowest BCUT2D eigenvalue weighted by atomic mass is 10.0. The SMILES string of the molecule is CCCCCCCCCCCCCCCC(=O)O[C@H](COC(=O)CCCCCCCCCCC(C)C)COP(=O)(O)OC[C@@H](O)COP(=O)(O)OC[C@@H](COC(=O)CCCCCCCCCC)OC(=O)CCCCCCCCCCCCC. The van der Waals surface area contributed by atoms with E-state index in [9.17, 15) is 43.2 Å². The molecule has 0 spiro atoms. The number of carbonyl (C=O) groups is 4. The van der Waals surface area contributed by atoms with Crippen LogP contribution in [-0.2, 0) is 65.4 Å². The molecule has 0 fully saturated rings. The molecule has 0 aromatic carbocycles. The van der Waals surface area contributed by atoms with Gasteiger partial charge in [-0.1, -0.05) is 272 Å². The third-order valence-corrected chi connectivity index (χ3v) is 16.7. The molecule has 0 saturated carbocycles. The second kappa shape index (κ2) is 57.8. The average molecular weight is 1230 g/mol. The van der Waals surface area contributed by atoms with Gasteiger partial charge in [-0.3, -0.25) is 37.3 Å². The zero-order valence-electron chi connectivity index (χ0n) is 53.3. The van der Waals surface area contributed by atoms with Crippen molar-refractivity contribution in [1.29, 1.82) is 0 Å². The van der Waals surface area contributed by atoms with Gasteiger partial charge in [0.25, 0.3) is 0 Å². The number of esters is 4. The summed E-state index contributed by atoms with van der Waals surface area (Å²) in [5.74, 6) is -1.41. The predicted octanol–water partition coefficient (Wildman–Crippen LogP) is 17.8. The lowest BCUT2D eigenvalue weighted by Crippen LogP contribution is -2.30. The van der Waals surface area contributed by atoms with E-state index < -0.39 is 97.5 Å². The Kier molecular flexibility index (Phi) is 56.4. The molecule has 2 unspecified atom stereocenters. The lowest BCUT2D eigenvalue weighted by Gasteiger charge is -2.21. The molecule has 0 aliphatic rings. The van der Waals surface area contributed by atoms with E-state index in [-0.39, 0.29) is 25.7 Å². The van der Waals surface area contributed by atoms with Crippen molar-refractivity contribution in [3.8, 4) is 0 Å². The van der Waals surface area contributed by atoms with E-state index in [2.05, 4.69) is 34.6 Å². The third-order valence-electron chi connectivity index (χ3n) is 14.8. The van der Waals surface area contributed by atoms with E-state index >= 15 is 0 Å². The fourth-order valence-electron chi connectivity index (χ4n) is 9.58. The summed E-state index contributed by atoms with van der Waals surface area (Å²) in [6.07, 6.45) is 41.6. The van der Waals surface area contributed by atoms with Crippen molar-refractivity contribution >= 4 is 39.5 Å². The van der Waals surface area contributed by atoms with Crippen LogP contribution in [0, 0.1) is 5.92 Å². The van der Waals surface area contributed by atoms with Gasteiger partial charge in [0.05, 0.1) is 26.4 Å². The Morgan fingerprint density at radius 2 is 0.554 bits per heavy atom. The molecule has 0 bridgehead atoms. The molecule has 0 radical (unpaired) electrons. The molecule has 0 aromatic rings. The van der Waals surface area contributed by atoms with Gasteiger partial charge in [-0.25, -0.2) is 9.13 Å². The van der Waals surface area contributed by atoms with Crippen molar-refractivity contribution < 1.29 is 80.2 Å². The second-order valence-electron chi connectivity index (χ2n) is 23.6. The van der Waals surface area contributed by atoms with Gasteiger partial charge < -0.3 is 33.8 Å². The van der Waals surface area contributed by atoms with Crippen LogP contribution in [-0.4, -0.2) is 96.7 Å². The van der Waals surface area contributed by atoms with Gasteiger partial charge in [0.1, 0.15) is 19.3 Å². The summed E-state index contributed by atoms with van der Waals surface area (Å²) in [6.45, 7) is 7.14. The number of rotatable bonds is 64. The van der Waals surface area contributed by atoms with Gasteiger partial charge in [0.15, 0.2) is 12.2 Å². The summed E-state index contributed by atoms with van der Waals surface area (Å²) in [6, 6.07) is 0. The van der Waals surface area contributed by atoms with E-state index in [0.717, 1.165) is 102 Å². The first-order chi connectivity index (χ1) is 40.0. The van der Waals surface area contributed by atoms with Crippen LogP contribution in [0.15, 0.2) is 0 Å². The maximum absolute atomic E-state index is 13.0. The summed E-state index contributed by atoms with van der Waals surface area (Å²) in [5, 5.41) is 10.5. The number of aliphatic hydroxyl groups excluding tert-OH is 1. The lowest BCUT2D eigenvalue weighted by molar-refractivity contribution is -0.161. The van der Waals surface area contributed by atoms with Crippen LogP contribution >= 0.6 is 15.6 Å². The van der Waals surface area contributed by atoms with Crippen LogP contribution in [0.1, 0.15) is 324 Å². The van der Waals surface area contributed by atoms with Gasteiger partial charge >= 0.3 is 39.5 Å². The van der Waals surface area contributed by atoms with Crippen LogP contribution in [0.5, 0.6) is 0 Å². The molecule has 0 amide bonds. The van der Waals surface area contributed by atoms with Crippen LogP contribution < -0.4 is 0 Å². The van der Waals surface area contributed by atoms with Crippen LogP contribution in [0.3, 0.4) is 0 Å². The molecule has 0 saturated heterocycles. The fourth-order valence-corrected chi connectivity index (χ4v) is 11.2. The second-order valence-corrected chi connectivity index (χ2v) is 26.5. The molecule has 17 nitrogen and oxygen atoms in total. The number of aliphatic hydroxyl groups is 1. The maximum Gasteiger partial charge on any atom is 0.472 e. The first-order valence-corrected chi connectivity index (χ1v) is 36.6. The monoisotopic (exact) mass is 1230 g/mol. The smallest absolute Gasteiger partial charge is 0.462 e.